The largest absolute Gasteiger partial charge is 0.493 e. The molecule has 2 aliphatic heterocycles. The molecule has 11 heteroatoms. The molecular formula is C30H46N5O6+. The van der Waals surface area contributed by atoms with E-state index in [1.165, 1.54) is 0 Å². The predicted molar refractivity (Wildman–Crippen MR) is 154 cm³/mol. The van der Waals surface area contributed by atoms with Crippen molar-refractivity contribution in [3.8, 4) is 17.2 Å². The first-order valence-corrected chi connectivity index (χ1v) is 14.6. The number of hydrogen-bond acceptors (Lipinski definition) is 7. The zero-order valence-corrected chi connectivity index (χ0v) is 25.1. The van der Waals surface area contributed by atoms with E-state index in [0.717, 1.165) is 35.9 Å². The Kier molecular flexibility index (Phi) is 10.1. The molecule has 0 unspecified atom stereocenters. The summed E-state index contributed by atoms with van der Waals surface area (Å²) in [4.78, 5) is 30.7. The Morgan fingerprint density at radius 1 is 1.20 bits per heavy atom. The Bertz CT molecular complexity index is 1160. The van der Waals surface area contributed by atoms with Crippen molar-refractivity contribution in [2.75, 3.05) is 67.8 Å². The van der Waals surface area contributed by atoms with E-state index in [1.54, 1.807) is 13.3 Å². The number of aryl methyl sites for hydroxylation is 1. The topological polar surface area (TPSA) is 106 Å². The van der Waals surface area contributed by atoms with Crippen LogP contribution in [-0.4, -0.2) is 115 Å². The molecule has 1 amide bonds. The summed E-state index contributed by atoms with van der Waals surface area (Å²) in [6.07, 6.45) is 7.01. The summed E-state index contributed by atoms with van der Waals surface area (Å²) >= 11 is 0. The standard InChI is InChI=1S/C30H45N5O6/c1-6-7-12-32(13-9-16-35(2,3)4)27(36)20-33-19-23(22-17-25(39-5)29-26(18-22)40-21-41-29)28(30(37)38)24(33)10-15-34-14-8-11-31-34/h8,11,14,17-18,23-24,28H,6-7,9-10,12-13,15-16,19-21H2,1-5H3/p+1/t23-,24+,28-/m1/s1. The molecule has 11 nitrogen and oxygen atoms in total. The Balaban J connectivity index is 1.60. The molecule has 0 aliphatic carbocycles. The van der Waals surface area contributed by atoms with Crippen molar-refractivity contribution in [1.82, 2.24) is 19.6 Å². The number of carbonyl (C=O) groups excluding carboxylic acids is 1. The van der Waals surface area contributed by atoms with Crippen molar-refractivity contribution < 1.29 is 33.4 Å². The van der Waals surface area contributed by atoms with E-state index in [1.807, 2.05) is 34.0 Å². The van der Waals surface area contributed by atoms with Gasteiger partial charge in [-0.25, -0.2) is 0 Å². The van der Waals surface area contributed by atoms with E-state index in [-0.39, 0.29) is 31.2 Å². The molecule has 1 fully saturated rings. The average molecular weight is 573 g/mol. The average Bonchev–Trinajstić information content (AvgIpc) is 3.68. The quantitative estimate of drug-likeness (QED) is 0.325. The second-order valence-electron chi connectivity index (χ2n) is 12.1. The van der Waals surface area contributed by atoms with Crippen LogP contribution in [0.4, 0.5) is 0 Å². The summed E-state index contributed by atoms with van der Waals surface area (Å²) < 4.78 is 19.4. The van der Waals surface area contributed by atoms with Gasteiger partial charge in [0.1, 0.15) is 0 Å². The Morgan fingerprint density at radius 2 is 1.98 bits per heavy atom. The summed E-state index contributed by atoms with van der Waals surface area (Å²) in [5, 5.41) is 14.8. The number of quaternary nitrogens is 1. The van der Waals surface area contributed by atoms with E-state index in [2.05, 4.69) is 38.1 Å². The lowest BCUT2D eigenvalue weighted by molar-refractivity contribution is -0.870. The first-order chi connectivity index (χ1) is 19.6. The lowest BCUT2D eigenvalue weighted by Gasteiger charge is -2.30. The van der Waals surface area contributed by atoms with E-state index in [0.29, 0.717) is 49.8 Å². The van der Waals surface area contributed by atoms with E-state index >= 15 is 0 Å². The number of rotatable bonds is 15. The number of carboxylic acids is 1. The van der Waals surface area contributed by atoms with Crippen LogP contribution >= 0.6 is 0 Å². The van der Waals surface area contributed by atoms with Gasteiger partial charge < -0.3 is 28.7 Å². The van der Waals surface area contributed by atoms with Crippen molar-refractivity contribution in [1.29, 1.82) is 0 Å². The van der Waals surface area contributed by atoms with Gasteiger partial charge >= 0.3 is 5.97 Å². The third-order valence-electron chi connectivity index (χ3n) is 8.09. The smallest absolute Gasteiger partial charge is 0.308 e. The summed E-state index contributed by atoms with van der Waals surface area (Å²) in [5.74, 6) is -0.295. The lowest BCUT2D eigenvalue weighted by atomic mass is 9.84. The number of ether oxygens (including phenoxy) is 3. The number of methoxy groups -OCH3 is 1. The maximum Gasteiger partial charge on any atom is 0.308 e. The summed E-state index contributed by atoms with van der Waals surface area (Å²) in [5.41, 5.74) is 0.809. The molecule has 4 rings (SSSR count). The number of fused-ring (bicyclic) bond motifs is 1. The Labute approximate surface area is 243 Å². The minimum atomic E-state index is -0.877. The lowest BCUT2D eigenvalue weighted by Crippen LogP contribution is -2.45. The van der Waals surface area contributed by atoms with Crippen LogP contribution in [0.1, 0.15) is 44.1 Å². The number of hydrogen-bond donors (Lipinski definition) is 1. The van der Waals surface area contributed by atoms with Crippen molar-refractivity contribution in [2.45, 2.75) is 51.1 Å². The highest BCUT2D eigenvalue weighted by molar-refractivity contribution is 5.79. The Hall–Kier alpha value is -3.31. The molecule has 3 heterocycles. The van der Waals surface area contributed by atoms with Crippen molar-refractivity contribution >= 4 is 11.9 Å². The van der Waals surface area contributed by atoms with Crippen LogP contribution in [0.15, 0.2) is 30.6 Å². The number of benzene rings is 1. The summed E-state index contributed by atoms with van der Waals surface area (Å²) in [6, 6.07) is 5.22. The second-order valence-corrected chi connectivity index (χ2v) is 12.1. The van der Waals surface area contributed by atoms with E-state index in [9.17, 15) is 14.7 Å². The van der Waals surface area contributed by atoms with Crippen LogP contribution in [0.5, 0.6) is 17.2 Å². The summed E-state index contributed by atoms with van der Waals surface area (Å²) in [7, 11) is 8.03. The third-order valence-corrected chi connectivity index (χ3v) is 8.09. The fourth-order valence-corrected chi connectivity index (χ4v) is 5.97. The van der Waals surface area contributed by atoms with Gasteiger partial charge in [0.2, 0.25) is 18.4 Å². The van der Waals surface area contributed by atoms with Crippen LogP contribution in [0.2, 0.25) is 0 Å². The number of nitrogens with zero attached hydrogens (tertiary/aromatic N) is 5. The predicted octanol–water partition coefficient (Wildman–Crippen LogP) is 2.90. The van der Waals surface area contributed by atoms with Gasteiger partial charge in [-0.1, -0.05) is 13.3 Å². The first kappa shape index (κ1) is 30.6. The second kappa shape index (κ2) is 13.6. The molecule has 1 aromatic carbocycles. The zero-order valence-electron chi connectivity index (χ0n) is 25.1. The van der Waals surface area contributed by atoms with Crippen LogP contribution < -0.4 is 14.2 Å². The van der Waals surface area contributed by atoms with Gasteiger partial charge in [0, 0.05) is 57.0 Å². The minimum Gasteiger partial charge on any atom is -0.493 e. The van der Waals surface area contributed by atoms with Gasteiger partial charge in [-0.3, -0.25) is 19.2 Å². The molecule has 0 radical (unpaired) electrons. The highest BCUT2D eigenvalue weighted by atomic mass is 16.7. The van der Waals surface area contributed by atoms with Crippen molar-refractivity contribution in [3.63, 3.8) is 0 Å². The van der Waals surface area contributed by atoms with Gasteiger partial charge in [0.15, 0.2) is 11.5 Å². The molecular weight excluding hydrogens is 526 g/mol. The fraction of sp³-hybridized carbons (Fsp3) is 0.633. The van der Waals surface area contributed by atoms with Crippen LogP contribution in [0.3, 0.4) is 0 Å². The highest BCUT2D eigenvalue weighted by Crippen LogP contribution is 2.47. The maximum atomic E-state index is 13.8. The molecule has 0 spiro atoms. The molecule has 226 valence electrons. The summed E-state index contributed by atoms with van der Waals surface area (Å²) in [6.45, 7) is 5.79. The van der Waals surface area contributed by atoms with Crippen molar-refractivity contribution in [2.24, 2.45) is 5.92 Å². The monoisotopic (exact) mass is 572 g/mol. The SMILES string of the molecule is CCCCN(CCC[N+](C)(C)C)C(=O)CN1C[C@H](c2cc(OC)c3c(c2)OCO3)[C@@H](C(=O)O)[C@@H]1CCn1cccn1. The van der Waals surface area contributed by atoms with Gasteiger partial charge in [-0.05, 0) is 36.6 Å². The normalized spacial score (nSPS) is 20.4. The molecule has 1 aromatic heterocycles. The fourth-order valence-electron chi connectivity index (χ4n) is 5.97. The molecule has 3 atom stereocenters. The molecule has 0 saturated carbocycles. The first-order valence-electron chi connectivity index (χ1n) is 14.6. The minimum absolute atomic E-state index is 0.0528. The van der Waals surface area contributed by atoms with Gasteiger partial charge in [0.25, 0.3) is 0 Å². The van der Waals surface area contributed by atoms with Gasteiger partial charge in [0.05, 0.1) is 47.3 Å². The maximum absolute atomic E-state index is 13.8. The van der Waals surface area contributed by atoms with Gasteiger partial charge in [-0.2, -0.15) is 5.10 Å². The number of unbranched alkanes of at least 4 members (excludes halogenated alkanes) is 1. The number of carbonyl (C=O) groups is 2. The van der Waals surface area contributed by atoms with E-state index in [4.69, 9.17) is 14.2 Å². The van der Waals surface area contributed by atoms with E-state index < -0.39 is 11.9 Å². The highest BCUT2D eigenvalue weighted by Gasteiger charge is 2.47. The molecule has 41 heavy (non-hydrogen) atoms. The van der Waals surface area contributed by atoms with Crippen LogP contribution in [0, 0.1) is 5.92 Å². The van der Waals surface area contributed by atoms with Crippen LogP contribution in [0.25, 0.3) is 0 Å². The molecule has 2 aromatic rings. The number of amides is 1. The molecule has 1 saturated heterocycles. The van der Waals surface area contributed by atoms with Crippen molar-refractivity contribution in [3.05, 3.63) is 36.2 Å². The zero-order chi connectivity index (χ0) is 29.6. The third kappa shape index (κ3) is 7.71. The number of likely N-dealkylation sites (tertiary alicyclic amines) is 1. The molecule has 1 N–H and O–H groups in total. The number of aliphatic carboxylic acids is 1. The molecule has 0 bridgehead atoms. The number of carboxylic acid groups (broad SMARTS) is 1. The molecule has 2 aliphatic rings. The van der Waals surface area contributed by atoms with Crippen LogP contribution in [-0.2, 0) is 16.1 Å². The number of aromatic nitrogens is 2. The Morgan fingerprint density at radius 3 is 2.63 bits per heavy atom. The van der Waals surface area contributed by atoms with Gasteiger partial charge in [-0.15, -0.1) is 0 Å².